The molecule has 0 aliphatic carbocycles. The predicted octanol–water partition coefficient (Wildman–Crippen LogP) is 5.57. The number of nitriles is 1. The van der Waals surface area contributed by atoms with Crippen molar-refractivity contribution in [3.05, 3.63) is 97.7 Å². The third-order valence-electron chi connectivity index (χ3n) is 3.97. The van der Waals surface area contributed by atoms with Gasteiger partial charge in [-0.25, -0.2) is 9.82 Å². The molecule has 0 saturated carbocycles. The quantitative estimate of drug-likeness (QED) is 0.334. The highest BCUT2D eigenvalue weighted by atomic mass is 79.9. The Morgan fingerprint density at radius 1 is 1.13 bits per heavy atom. The first-order chi connectivity index (χ1) is 14.5. The summed E-state index contributed by atoms with van der Waals surface area (Å²) in [4.78, 5) is 12.1. The van der Waals surface area contributed by atoms with E-state index in [0.717, 1.165) is 11.6 Å². The van der Waals surface area contributed by atoms with Crippen molar-refractivity contribution in [3.63, 3.8) is 0 Å². The average molecular weight is 531 g/mol. The van der Waals surface area contributed by atoms with Crippen molar-refractivity contribution in [2.45, 2.75) is 6.61 Å². The van der Waals surface area contributed by atoms with Crippen molar-refractivity contribution in [1.29, 1.82) is 5.26 Å². The molecule has 0 fully saturated rings. The van der Waals surface area contributed by atoms with Gasteiger partial charge in [-0.2, -0.15) is 10.4 Å². The average Bonchev–Trinajstić information content (AvgIpc) is 2.73. The maximum absolute atomic E-state index is 13.9. The molecule has 0 atom stereocenters. The topological polar surface area (TPSA) is 74.5 Å². The lowest BCUT2D eigenvalue weighted by molar-refractivity contribution is 0.0951. The minimum Gasteiger partial charge on any atom is -0.487 e. The molecule has 0 aliphatic rings. The number of hydrogen-bond donors (Lipinski definition) is 1. The third kappa shape index (κ3) is 5.53. The molecule has 30 heavy (non-hydrogen) atoms. The fourth-order valence-electron chi connectivity index (χ4n) is 2.52. The summed E-state index contributed by atoms with van der Waals surface area (Å²) < 4.78 is 21.2. The first kappa shape index (κ1) is 21.7. The van der Waals surface area contributed by atoms with E-state index in [2.05, 4.69) is 42.4 Å². The molecule has 150 valence electrons. The number of carbonyl (C=O) groups is 1. The zero-order valence-corrected chi connectivity index (χ0v) is 18.6. The summed E-state index contributed by atoms with van der Waals surface area (Å²) >= 11 is 6.94. The fourth-order valence-corrected chi connectivity index (χ4v) is 3.97. The van der Waals surface area contributed by atoms with Gasteiger partial charge in [-0.05, 0) is 73.3 Å². The van der Waals surface area contributed by atoms with Crippen molar-refractivity contribution in [2.75, 3.05) is 0 Å². The smallest absolute Gasteiger partial charge is 0.274 e. The molecule has 1 amide bonds. The molecule has 8 heteroatoms. The van der Waals surface area contributed by atoms with Crippen molar-refractivity contribution in [3.8, 4) is 11.8 Å². The normalized spacial score (nSPS) is 10.6. The number of nitrogens with one attached hydrogen (secondary N) is 1. The van der Waals surface area contributed by atoms with E-state index in [-0.39, 0.29) is 11.1 Å². The van der Waals surface area contributed by atoms with Crippen LogP contribution in [0.2, 0.25) is 0 Å². The standard InChI is InChI=1S/C22H14Br2FN3O2/c23-18-8-16(9-19(24)21(18)30-13-14-4-2-1-3-5-14)12-27-28-22(29)17-7-6-15(11-26)10-20(17)25/h1-10,12H,13H2,(H,28,29)/b27-12-. The molecule has 0 radical (unpaired) electrons. The Morgan fingerprint density at radius 3 is 2.47 bits per heavy atom. The fraction of sp³-hybridized carbons (Fsp3) is 0.0455. The number of rotatable bonds is 6. The summed E-state index contributed by atoms with van der Waals surface area (Å²) in [5, 5.41) is 12.6. The largest absolute Gasteiger partial charge is 0.487 e. The second-order valence-corrected chi connectivity index (χ2v) is 7.80. The highest BCUT2D eigenvalue weighted by Gasteiger charge is 2.12. The molecule has 0 unspecified atom stereocenters. The zero-order valence-electron chi connectivity index (χ0n) is 15.4. The molecule has 5 nitrogen and oxygen atoms in total. The molecule has 3 aromatic carbocycles. The van der Waals surface area contributed by atoms with Crippen molar-refractivity contribution >= 4 is 44.0 Å². The van der Waals surface area contributed by atoms with Gasteiger partial charge in [0.05, 0.1) is 32.4 Å². The molecule has 1 N–H and O–H groups in total. The maximum Gasteiger partial charge on any atom is 0.274 e. The summed E-state index contributed by atoms with van der Waals surface area (Å²) in [6.45, 7) is 0.414. The van der Waals surface area contributed by atoms with Gasteiger partial charge < -0.3 is 4.74 Å². The van der Waals surface area contributed by atoms with Crippen LogP contribution in [0.3, 0.4) is 0 Å². The lowest BCUT2D eigenvalue weighted by atomic mass is 10.1. The number of nitrogens with zero attached hydrogens (tertiary/aromatic N) is 2. The Bertz CT molecular complexity index is 1120. The van der Waals surface area contributed by atoms with E-state index in [1.54, 1.807) is 12.1 Å². The van der Waals surface area contributed by atoms with Gasteiger partial charge in [0.1, 0.15) is 18.2 Å². The summed E-state index contributed by atoms with van der Waals surface area (Å²) in [7, 11) is 0. The number of hydrogen-bond acceptors (Lipinski definition) is 4. The Morgan fingerprint density at radius 2 is 1.83 bits per heavy atom. The Kier molecular flexibility index (Phi) is 7.33. The van der Waals surface area contributed by atoms with Crippen LogP contribution < -0.4 is 10.2 Å². The lowest BCUT2D eigenvalue weighted by Gasteiger charge is -2.11. The SMILES string of the molecule is N#Cc1ccc(C(=O)N/N=C\c2cc(Br)c(OCc3ccccc3)c(Br)c2)c(F)c1. The van der Waals surface area contributed by atoms with Crippen LogP contribution in [0.25, 0.3) is 0 Å². The molecule has 0 aliphatic heterocycles. The number of halogens is 3. The van der Waals surface area contributed by atoms with E-state index in [4.69, 9.17) is 10.00 Å². The van der Waals surface area contributed by atoms with Crippen LogP contribution in [0, 0.1) is 17.1 Å². The van der Waals surface area contributed by atoms with E-state index in [9.17, 15) is 9.18 Å². The van der Waals surface area contributed by atoms with Crippen LogP contribution >= 0.6 is 31.9 Å². The van der Waals surface area contributed by atoms with E-state index >= 15 is 0 Å². The maximum atomic E-state index is 13.9. The molecule has 0 saturated heterocycles. The van der Waals surface area contributed by atoms with Crippen molar-refractivity contribution in [2.24, 2.45) is 5.10 Å². The van der Waals surface area contributed by atoms with E-state index in [1.807, 2.05) is 36.4 Å². The van der Waals surface area contributed by atoms with Gasteiger partial charge in [0.25, 0.3) is 5.91 Å². The van der Waals surface area contributed by atoms with Gasteiger partial charge in [0.2, 0.25) is 0 Å². The van der Waals surface area contributed by atoms with Gasteiger partial charge in [-0.15, -0.1) is 0 Å². The summed E-state index contributed by atoms with van der Waals surface area (Å²) in [5.74, 6) is -0.860. The second kappa shape index (κ2) is 10.1. The van der Waals surface area contributed by atoms with Gasteiger partial charge in [0.15, 0.2) is 0 Å². The summed E-state index contributed by atoms with van der Waals surface area (Å²) in [5.41, 5.74) is 3.93. The zero-order chi connectivity index (χ0) is 21.5. The molecule has 3 rings (SSSR count). The molecule has 0 bridgehead atoms. The minimum absolute atomic E-state index is 0.136. The van der Waals surface area contributed by atoms with Crippen molar-refractivity contribution < 1.29 is 13.9 Å². The number of hydrazone groups is 1. The van der Waals surface area contributed by atoms with Crippen LogP contribution in [0.4, 0.5) is 4.39 Å². The minimum atomic E-state index is -0.785. The van der Waals surface area contributed by atoms with Crippen LogP contribution in [0.5, 0.6) is 5.75 Å². The van der Waals surface area contributed by atoms with Gasteiger partial charge >= 0.3 is 0 Å². The van der Waals surface area contributed by atoms with Gasteiger partial charge in [0, 0.05) is 0 Å². The molecular weight excluding hydrogens is 517 g/mol. The van der Waals surface area contributed by atoms with E-state index in [0.29, 0.717) is 26.9 Å². The Balaban J connectivity index is 1.66. The number of amides is 1. The predicted molar refractivity (Wildman–Crippen MR) is 119 cm³/mol. The first-order valence-corrected chi connectivity index (χ1v) is 10.3. The first-order valence-electron chi connectivity index (χ1n) is 8.66. The molecular formula is C22H14Br2FN3O2. The number of carbonyl (C=O) groups excluding carboxylic acids is 1. The van der Waals surface area contributed by atoms with Crippen LogP contribution in [0.1, 0.15) is 27.0 Å². The van der Waals surface area contributed by atoms with E-state index < -0.39 is 11.7 Å². The number of ether oxygens (including phenoxy) is 1. The highest BCUT2D eigenvalue weighted by Crippen LogP contribution is 2.35. The van der Waals surface area contributed by atoms with Crippen molar-refractivity contribution in [1.82, 2.24) is 5.43 Å². The second-order valence-electron chi connectivity index (χ2n) is 6.09. The molecule has 3 aromatic rings. The third-order valence-corrected chi connectivity index (χ3v) is 5.15. The molecule has 0 heterocycles. The summed E-state index contributed by atoms with van der Waals surface area (Å²) in [6.07, 6.45) is 1.43. The van der Waals surface area contributed by atoms with Crippen LogP contribution in [-0.4, -0.2) is 12.1 Å². The highest BCUT2D eigenvalue weighted by molar-refractivity contribution is 9.11. The van der Waals surface area contributed by atoms with Crippen LogP contribution in [0.15, 0.2) is 74.7 Å². The Labute approximate surface area is 189 Å². The van der Waals surface area contributed by atoms with Crippen LogP contribution in [-0.2, 0) is 6.61 Å². The van der Waals surface area contributed by atoms with Gasteiger partial charge in [-0.3, -0.25) is 4.79 Å². The lowest BCUT2D eigenvalue weighted by Crippen LogP contribution is -2.19. The molecule has 0 aromatic heterocycles. The summed E-state index contributed by atoms with van der Waals surface area (Å²) in [6, 6.07) is 18.8. The van der Waals surface area contributed by atoms with E-state index in [1.165, 1.54) is 18.3 Å². The Hall–Kier alpha value is -3.02. The van der Waals surface area contributed by atoms with Gasteiger partial charge in [-0.1, -0.05) is 30.3 Å². The molecule has 0 spiro atoms. The monoisotopic (exact) mass is 529 g/mol. The number of benzene rings is 3.